The number of hydrogen-bond acceptors (Lipinski definition) is 7. The monoisotopic (exact) mass is 865 g/mol. The Bertz CT molecular complexity index is 3130. The van der Waals surface area contributed by atoms with Crippen LogP contribution in [-0.4, -0.2) is 29.4 Å². The van der Waals surface area contributed by atoms with Crippen LogP contribution >= 0.6 is 34.8 Å². The zero-order valence-corrected chi connectivity index (χ0v) is 33.9. The van der Waals surface area contributed by atoms with Crippen molar-refractivity contribution in [1.82, 2.24) is 29.4 Å². The number of halogens is 5. The first kappa shape index (κ1) is 39.4. The summed E-state index contributed by atoms with van der Waals surface area (Å²) >= 11 is 18.4. The third-order valence-electron chi connectivity index (χ3n) is 9.85. The third kappa shape index (κ3) is 8.25. The lowest BCUT2D eigenvalue weighted by Crippen LogP contribution is -1.99. The second-order valence-electron chi connectivity index (χ2n) is 13.9. The smallest absolute Gasteiger partial charge is 0.157 e. The van der Waals surface area contributed by atoms with E-state index >= 15 is 0 Å². The van der Waals surface area contributed by atoms with Crippen LogP contribution in [0.25, 0.3) is 67.5 Å². The molecular formula is C47H28Cl3F2N7O2. The van der Waals surface area contributed by atoms with Crippen LogP contribution in [0.5, 0.6) is 0 Å². The Labute approximate surface area is 362 Å². The number of fused-ring (bicyclic) bond motifs is 2. The molecule has 10 rings (SSSR count). The molecule has 0 N–H and O–H groups in total. The van der Waals surface area contributed by atoms with Crippen LogP contribution in [0.15, 0.2) is 155 Å². The predicted octanol–water partition coefficient (Wildman–Crippen LogP) is 12.8. The first-order valence-electron chi connectivity index (χ1n) is 18.7. The van der Waals surface area contributed by atoms with Crippen molar-refractivity contribution in [1.29, 1.82) is 5.26 Å². The number of nitriles is 1. The van der Waals surface area contributed by atoms with Crippen molar-refractivity contribution in [2.24, 2.45) is 0 Å². The number of aromatic nitrogens is 6. The maximum atomic E-state index is 14.3. The topological polar surface area (TPSA) is 111 Å². The number of benzene rings is 4. The van der Waals surface area contributed by atoms with E-state index in [0.29, 0.717) is 90.4 Å². The van der Waals surface area contributed by atoms with Crippen molar-refractivity contribution in [3.05, 3.63) is 190 Å². The molecule has 0 bridgehead atoms. The van der Waals surface area contributed by atoms with E-state index < -0.39 is 5.82 Å². The van der Waals surface area contributed by atoms with E-state index in [0.717, 1.165) is 22.4 Å². The highest BCUT2D eigenvalue weighted by atomic mass is 35.5. The SMILES string of the molecule is Fc1ccccc1-c1nc2cn(Cc3cc(-c4ccc(Cl)cc4)no3)ccc-2c1Cl.N#Cc1c2ccn(Cc3cc(-c4ccc(Cl)cc4)no3)cc-2nc1-c1ccccc1F. The summed E-state index contributed by atoms with van der Waals surface area (Å²) in [6.07, 6.45) is 7.38. The zero-order chi connectivity index (χ0) is 42.0. The van der Waals surface area contributed by atoms with Gasteiger partial charge in [-0.25, -0.2) is 18.7 Å². The number of hydrogen-bond donors (Lipinski definition) is 0. The van der Waals surface area contributed by atoms with Crippen LogP contribution < -0.4 is 0 Å². The molecule has 2 aromatic heterocycles. The van der Waals surface area contributed by atoms with Crippen LogP contribution in [0.1, 0.15) is 17.1 Å². The van der Waals surface area contributed by atoms with Crippen LogP contribution in [-0.2, 0) is 13.1 Å². The summed E-state index contributed by atoms with van der Waals surface area (Å²) in [5.74, 6) is 0.588. The Morgan fingerprint density at radius 1 is 0.541 bits per heavy atom. The molecule has 0 atom stereocenters. The van der Waals surface area contributed by atoms with Crippen molar-refractivity contribution < 1.29 is 17.8 Å². The summed E-state index contributed by atoms with van der Waals surface area (Å²) in [4.78, 5) is 9.09. The molecule has 61 heavy (non-hydrogen) atoms. The number of nitrogens with zero attached hydrogens (tertiary/aromatic N) is 7. The van der Waals surface area contributed by atoms with E-state index in [1.807, 2.05) is 94.6 Å². The maximum Gasteiger partial charge on any atom is 0.157 e. The van der Waals surface area contributed by atoms with Crippen molar-refractivity contribution in [2.75, 3.05) is 0 Å². The van der Waals surface area contributed by atoms with Crippen LogP contribution in [0, 0.1) is 23.0 Å². The average molecular weight is 867 g/mol. The van der Waals surface area contributed by atoms with Gasteiger partial charge >= 0.3 is 0 Å². The number of pyridine rings is 2. The molecule has 14 heteroatoms. The van der Waals surface area contributed by atoms with Gasteiger partial charge < -0.3 is 18.2 Å². The Morgan fingerprint density at radius 3 is 1.51 bits per heavy atom. The molecule has 298 valence electrons. The van der Waals surface area contributed by atoms with Gasteiger partial charge in [-0.3, -0.25) is 0 Å². The van der Waals surface area contributed by atoms with E-state index in [9.17, 15) is 14.0 Å². The Hall–Kier alpha value is -7.10. The van der Waals surface area contributed by atoms with Gasteiger partial charge in [0.05, 0.1) is 46.5 Å². The zero-order valence-electron chi connectivity index (χ0n) is 31.6. The normalized spacial score (nSPS) is 11.1. The fraction of sp³-hybridized carbons (Fsp3) is 0.0426. The molecule has 9 nitrogen and oxygen atoms in total. The van der Waals surface area contributed by atoms with Crippen molar-refractivity contribution in [3.63, 3.8) is 0 Å². The molecule has 0 spiro atoms. The lowest BCUT2D eigenvalue weighted by atomic mass is 10.0. The van der Waals surface area contributed by atoms with E-state index in [1.54, 1.807) is 48.5 Å². The molecule has 4 aliphatic heterocycles. The van der Waals surface area contributed by atoms with Crippen molar-refractivity contribution in [2.45, 2.75) is 13.1 Å². The lowest BCUT2D eigenvalue weighted by Gasteiger charge is -2.06. The lowest BCUT2D eigenvalue weighted by molar-refractivity contribution is 0.378. The van der Waals surface area contributed by atoms with Crippen LogP contribution in [0.2, 0.25) is 15.1 Å². The first-order chi connectivity index (χ1) is 29.7. The van der Waals surface area contributed by atoms with Gasteiger partial charge in [-0.1, -0.05) is 93.6 Å². The van der Waals surface area contributed by atoms with Gasteiger partial charge in [0.15, 0.2) is 11.5 Å². The minimum Gasteiger partial charge on any atom is -0.359 e. The average Bonchev–Trinajstić information content (AvgIpc) is 4.08. The largest absolute Gasteiger partial charge is 0.359 e. The fourth-order valence-electron chi connectivity index (χ4n) is 6.86. The van der Waals surface area contributed by atoms with Crippen LogP contribution in [0.3, 0.4) is 0 Å². The minimum absolute atomic E-state index is 0.310. The first-order valence-corrected chi connectivity index (χ1v) is 19.8. The Morgan fingerprint density at radius 2 is 1.00 bits per heavy atom. The van der Waals surface area contributed by atoms with Gasteiger partial charge in [0.1, 0.15) is 29.1 Å². The molecule has 6 aromatic rings. The predicted molar refractivity (Wildman–Crippen MR) is 230 cm³/mol. The van der Waals surface area contributed by atoms with E-state index in [2.05, 4.69) is 26.4 Å². The summed E-state index contributed by atoms with van der Waals surface area (Å²) in [7, 11) is 0. The summed E-state index contributed by atoms with van der Waals surface area (Å²) in [5.41, 5.74) is 7.85. The molecular weight excluding hydrogens is 839 g/mol. The molecule has 6 heterocycles. The van der Waals surface area contributed by atoms with Gasteiger partial charge in [-0.2, -0.15) is 5.26 Å². The van der Waals surface area contributed by atoms with Crippen molar-refractivity contribution in [3.8, 4) is 73.6 Å². The molecule has 4 aromatic carbocycles. The summed E-state index contributed by atoms with van der Waals surface area (Å²) in [6.45, 7) is 0.899. The van der Waals surface area contributed by atoms with Crippen molar-refractivity contribution >= 4 is 34.8 Å². The Kier molecular flexibility index (Phi) is 10.9. The molecule has 0 aliphatic carbocycles. The van der Waals surface area contributed by atoms with Gasteiger partial charge in [0.25, 0.3) is 0 Å². The molecule has 0 unspecified atom stereocenters. The van der Waals surface area contributed by atoms with Gasteiger partial charge in [0.2, 0.25) is 0 Å². The van der Waals surface area contributed by atoms with E-state index in [-0.39, 0.29) is 5.82 Å². The summed E-state index contributed by atoms with van der Waals surface area (Å²) < 4.78 is 43.2. The summed E-state index contributed by atoms with van der Waals surface area (Å²) in [5, 5.41) is 19.7. The highest BCUT2D eigenvalue weighted by Gasteiger charge is 2.23. The second kappa shape index (κ2) is 16.9. The Balaban J connectivity index is 0.000000156. The standard InChI is InChI=1S/C24H14ClFN4O.C23H14Cl2FN3O/c25-16-7-5-15(6-8-16)22-11-17(31-29-22)13-30-10-9-18-20(12-27)24(28-23(18)14-30)19-3-1-2-4-21(19)26;24-15-7-5-14(6-8-15)20-11-16(30-28-20)12-29-10-9-18-21(13-29)27-23(22(18)25)17-3-1-2-4-19(17)26/h1-11,14H,13H2;1-11,13H,12H2. The molecule has 0 fully saturated rings. The third-order valence-corrected chi connectivity index (χ3v) is 10.7. The van der Waals surface area contributed by atoms with Gasteiger partial charge in [-0.05, 0) is 60.7 Å². The van der Waals surface area contributed by atoms with Crippen LogP contribution in [0.4, 0.5) is 8.78 Å². The van der Waals surface area contributed by atoms with Gasteiger partial charge in [-0.15, -0.1) is 0 Å². The molecule has 0 radical (unpaired) electrons. The fourth-order valence-corrected chi connectivity index (χ4v) is 7.42. The molecule has 0 saturated heterocycles. The van der Waals surface area contributed by atoms with Gasteiger partial charge in [0, 0.05) is 80.3 Å². The van der Waals surface area contributed by atoms with E-state index in [1.165, 1.54) is 12.1 Å². The molecule has 0 amide bonds. The minimum atomic E-state index is -0.411. The highest BCUT2D eigenvalue weighted by molar-refractivity contribution is 6.36. The summed E-state index contributed by atoms with van der Waals surface area (Å²) in [6, 6.07) is 37.1. The quantitative estimate of drug-likeness (QED) is 0.149. The molecule has 4 aliphatic rings. The number of rotatable bonds is 8. The maximum absolute atomic E-state index is 14.3. The van der Waals surface area contributed by atoms with E-state index in [4.69, 9.17) is 43.8 Å². The second-order valence-corrected chi connectivity index (χ2v) is 15.1. The highest BCUT2D eigenvalue weighted by Crippen LogP contribution is 2.39. The molecule has 0 saturated carbocycles.